The van der Waals surface area contributed by atoms with E-state index in [2.05, 4.69) is 35.1 Å². The van der Waals surface area contributed by atoms with Crippen LogP contribution in [0.15, 0.2) is 22.7 Å². The van der Waals surface area contributed by atoms with E-state index in [0.29, 0.717) is 10.9 Å². The molecule has 0 bridgehead atoms. The molecule has 1 aromatic rings. The van der Waals surface area contributed by atoms with Gasteiger partial charge in [-0.15, -0.1) is 0 Å². The molecule has 2 nitrogen and oxygen atoms in total. The molecule has 0 aromatic heterocycles. The second-order valence-corrected chi connectivity index (χ2v) is 5.30. The largest absolute Gasteiger partial charge is 0.389 e. The van der Waals surface area contributed by atoms with Crippen LogP contribution in [0, 0.1) is 5.92 Å². The molecule has 4 heteroatoms. The summed E-state index contributed by atoms with van der Waals surface area (Å²) in [5.74, 6) is 0.637. The number of benzene rings is 1. The van der Waals surface area contributed by atoms with Crippen LogP contribution in [0.5, 0.6) is 0 Å². The molecule has 0 aliphatic carbocycles. The van der Waals surface area contributed by atoms with Crippen LogP contribution in [0.2, 0.25) is 0 Å². The van der Waals surface area contributed by atoms with E-state index in [9.17, 15) is 0 Å². The van der Waals surface area contributed by atoms with E-state index < -0.39 is 0 Å². The predicted octanol–water partition coefficient (Wildman–Crippen LogP) is 3.54. The summed E-state index contributed by atoms with van der Waals surface area (Å²) >= 11 is 8.47. The van der Waals surface area contributed by atoms with Crippen molar-refractivity contribution < 1.29 is 0 Å². The summed E-state index contributed by atoms with van der Waals surface area (Å²) in [4.78, 5) is 0.430. The fourth-order valence-electron chi connectivity index (χ4n) is 1.31. The first kappa shape index (κ1) is 13.5. The summed E-state index contributed by atoms with van der Waals surface area (Å²) < 4.78 is 1.03. The van der Waals surface area contributed by atoms with E-state index in [1.165, 1.54) is 0 Å². The molecule has 1 rings (SSSR count). The fourth-order valence-corrected chi connectivity index (χ4v) is 1.85. The molecule has 1 unspecified atom stereocenters. The average molecular weight is 301 g/mol. The highest BCUT2D eigenvalue weighted by molar-refractivity contribution is 9.10. The van der Waals surface area contributed by atoms with Crippen LogP contribution < -0.4 is 11.1 Å². The molecule has 0 fully saturated rings. The highest BCUT2D eigenvalue weighted by Crippen LogP contribution is 2.22. The summed E-state index contributed by atoms with van der Waals surface area (Å²) in [5.41, 5.74) is 7.59. The van der Waals surface area contributed by atoms with E-state index in [1.54, 1.807) is 0 Å². The minimum Gasteiger partial charge on any atom is -0.389 e. The Morgan fingerprint density at radius 2 is 2.25 bits per heavy atom. The van der Waals surface area contributed by atoms with Crippen molar-refractivity contribution in [2.24, 2.45) is 11.7 Å². The lowest BCUT2D eigenvalue weighted by Crippen LogP contribution is -2.16. The zero-order valence-corrected chi connectivity index (χ0v) is 12.0. The first-order chi connectivity index (χ1) is 7.54. The molecule has 1 atom stereocenters. The number of nitrogens with one attached hydrogen (secondary N) is 1. The van der Waals surface area contributed by atoms with E-state index in [-0.39, 0.29) is 0 Å². The third-order valence-corrected chi connectivity index (χ3v) is 3.30. The number of anilines is 1. The number of halogens is 1. The summed E-state index contributed by atoms with van der Waals surface area (Å²) in [6, 6.07) is 5.89. The molecule has 0 aliphatic rings. The van der Waals surface area contributed by atoms with Crippen LogP contribution in [0.25, 0.3) is 0 Å². The second-order valence-electron chi connectivity index (χ2n) is 3.95. The van der Waals surface area contributed by atoms with E-state index in [4.69, 9.17) is 18.0 Å². The van der Waals surface area contributed by atoms with Gasteiger partial charge < -0.3 is 11.1 Å². The van der Waals surface area contributed by atoms with Gasteiger partial charge in [0.2, 0.25) is 0 Å². The number of hydrogen-bond acceptors (Lipinski definition) is 2. The summed E-state index contributed by atoms with van der Waals surface area (Å²) in [7, 11) is 0. The molecule has 3 N–H and O–H groups in total. The Morgan fingerprint density at radius 1 is 1.56 bits per heavy atom. The number of nitrogens with two attached hydrogens (primary N) is 1. The molecule has 0 saturated carbocycles. The second kappa shape index (κ2) is 6.21. The minimum absolute atomic E-state index is 0.430. The van der Waals surface area contributed by atoms with Crippen molar-refractivity contribution in [3.05, 3.63) is 28.2 Å². The van der Waals surface area contributed by atoms with Crippen LogP contribution in [-0.4, -0.2) is 11.5 Å². The predicted molar refractivity (Wildman–Crippen MR) is 78.0 cm³/mol. The lowest BCUT2D eigenvalue weighted by atomic mass is 10.1. The van der Waals surface area contributed by atoms with Gasteiger partial charge in [0.05, 0.1) is 0 Å². The fraction of sp³-hybridized carbons (Fsp3) is 0.417. The van der Waals surface area contributed by atoms with Crippen molar-refractivity contribution in [2.75, 3.05) is 11.9 Å². The van der Waals surface area contributed by atoms with Crippen molar-refractivity contribution in [1.29, 1.82) is 0 Å². The highest BCUT2D eigenvalue weighted by atomic mass is 79.9. The average Bonchev–Trinajstić information content (AvgIpc) is 2.25. The van der Waals surface area contributed by atoms with Crippen molar-refractivity contribution in [3.63, 3.8) is 0 Å². The molecular formula is C12H17BrN2S. The van der Waals surface area contributed by atoms with Crippen LogP contribution in [0.3, 0.4) is 0 Å². The van der Waals surface area contributed by atoms with Gasteiger partial charge in [0.25, 0.3) is 0 Å². The van der Waals surface area contributed by atoms with Gasteiger partial charge in [0, 0.05) is 22.3 Å². The maximum absolute atomic E-state index is 5.68. The maximum Gasteiger partial charge on any atom is 0.106 e. The van der Waals surface area contributed by atoms with Gasteiger partial charge in [-0.3, -0.25) is 0 Å². The van der Waals surface area contributed by atoms with Gasteiger partial charge in [0.15, 0.2) is 0 Å². The van der Waals surface area contributed by atoms with Gasteiger partial charge in [0.1, 0.15) is 4.99 Å². The number of rotatable bonds is 5. The van der Waals surface area contributed by atoms with Gasteiger partial charge in [-0.25, -0.2) is 0 Å². The topological polar surface area (TPSA) is 38.0 Å². The van der Waals surface area contributed by atoms with Crippen LogP contribution in [0.1, 0.15) is 25.8 Å². The van der Waals surface area contributed by atoms with E-state index in [1.807, 2.05) is 18.2 Å². The quantitative estimate of drug-likeness (QED) is 0.817. The molecular weight excluding hydrogens is 284 g/mol. The third kappa shape index (κ3) is 3.76. The van der Waals surface area contributed by atoms with Crippen molar-refractivity contribution in [3.8, 4) is 0 Å². The van der Waals surface area contributed by atoms with Crippen molar-refractivity contribution in [1.82, 2.24) is 0 Å². The molecule has 0 radical (unpaired) electrons. The van der Waals surface area contributed by atoms with Crippen LogP contribution in [0.4, 0.5) is 5.69 Å². The Morgan fingerprint density at radius 3 is 2.81 bits per heavy atom. The molecule has 0 heterocycles. The SMILES string of the molecule is CCC(C)CNc1cc(Br)ccc1C(N)=S. The van der Waals surface area contributed by atoms with Crippen LogP contribution in [-0.2, 0) is 0 Å². The smallest absolute Gasteiger partial charge is 0.106 e. The Bertz CT molecular complexity index is 379. The molecule has 0 saturated heterocycles. The molecule has 0 amide bonds. The molecule has 88 valence electrons. The van der Waals surface area contributed by atoms with E-state index in [0.717, 1.165) is 28.7 Å². The van der Waals surface area contributed by atoms with Gasteiger partial charge in [-0.1, -0.05) is 48.4 Å². The van der Waals surface area contributed by atoms with Crippen molar-refractivity contribution in [2.45, 2.75) is 20.3 Å². The summed E-state index contributed by atoms with van der Waals surface area (Å²) in [5, 5.41) is 3.39. The zero-order chi connectivity index (χ0) is 12.1. The number of thiocarbonyl (C=S) groups is 1. The minimum atomic E-state index is 0.430. The summed E-state index contributed by atoms with van der Waals surface area (Å²) in [6.45, 7) is 5.33. The van der Waals surface area contributed by atoms with Gasteiger partial charge >= 0.3 is 0 Å². The Balaban J connectivity index is 2.84. The standard InChI is InChI=1S/C12H17BrN2S/c1-3-8(2)7-15-11-6-9(13)4-5-10(11)12(14)16/h4-6,8,15H,3,7H2,1-2H3,(H2,14,16). The molecule has 0 aliphatic heterocycles. The Kier molecular flexibility index (Phi) is 5.22. The molecule has 16 heavy (non-hydrogen) atoms. The van der Waals surface area contributed by atoms with Crippen LogP contribution >= 0.6 is 28.1 Å². The monoisotopic (exact) mass is 300 g/mol. The lowest BCUT2D eigenvalue weighted by Gasteiger charge is -2.14. The van der Waals surface area contributed by atoms with E-state index >= 15 is 0 Å². The van der Waals surface area contributed by atoms with Gasteiger partial charge in [-0.05, 0) is 24.1 Å². The Labute approximate surface area is 111 Å². The first-order valence-corrected chi connectivity index (χ1v) is 6.58. The van der Waals surface area contributed by atoms with Crippen molar-refractivity contribution >= 4 is 38.8 Å². The Hall–Kier alpha value is -0.610. The third-order valence-electron chi connectivity index (χ3n) is 2.58. The lowest BCUT2D eigenvalue weighted by molar-refractivity contribution is 0.593. The first-order valence-electron chi connectivity index (χ1n) is 5.37. The number of hydrogen-bond donors (Lipinski definition) is 2. The highest BCUT2D eigenvalue weighted by Gasteiger charge is 2.06. The normalized spacial score (nSPS) is 12.2. The summed E-state index contributed by atoms with van der Waals surface area (Å²) in [6.07, 6.45) is 1.16. The maximum atomic E-state index is 5.68. The molecule has 0 spiro atoms. The zero-order valence-electron chi connectivity index (χ0n) is 9.59. The van der Waals surface area contributed by atoms with Gasteiger partial charge in [-0.2, -0.15) is 0 Å². The molecule has 1 aromatic carbocycles.